The smallest absolute Gasteiger partial charge is 0.0651 e. The highest BCUT2D eigenvalue weighted by molar-refractivity contribution is 4.91. The average molecular weight is 166 g/mol. The van der Waals surface area contributed by atoms with Crippen molar-refractivity contribution in [2.24, 2.45) is 5.92 Å². The first kappa shape index (κ1) is 8.31. The molecule has 0 bridgehead atoms. The maximum absolute atomic E-state index is 5.73. The van der Waals surface area contributed by atoms with E-state index in [1.165, 1.54) is 32.1 Å². The summed E-state index contributed by atoms with van der Waals surface area (Å²) in [6.45, 7) is 0.848. The topological polar surface area (TPSA) is 9.23 Å². The molecule has 1 saturated carbocycles. The fourth-order valence-electron chi connectivity index (χ4n) is 2.38. The van der Waals surface area contributed by atoms with Crippen LogP contribution in [0, 0.1) is 5.92 Å². The molecular weight excluding hydrogens is 148 g/mol. The Hall–Kier alpha value is -0.300. The van der Waals surface area contributed by atoms with Crippen molar-refractivity contribution in [1.82, 2.24) is 0 Å². The summed E-state index contributed by atoms with van der Waals surface area (Å²) in [6.07, 6.45) is 13.2. The van der Waals surface area contributed by atoms with Crippen LogP contribution in [0.15, 0.2) is 12.2 Å². The van der Waals surface area contributed by atoms with Crippen molar-refractivity contribution in [1.29, 1.82) is 0 Å². The molecule has 1 fully saturated rings. The van der Waals surface area contributed by atoms with Crippen molar-refractivity contribution in [3.05, 3.63) is 12.2 Å². The third-order valence-electron chi connectivity index (χ3n) is 3.12. The molecule has 1 atom stereocenters. The molecule has 0 aromatic rings. The fraction of sp³-hybridized carbons (Fsp3) is 0.818. The highest BCUT2D eigenvalue weighted by atomic mass is 16.5. The van der Waals surface area contributed by atoms with E-state index >= 15 is 0 Å². The quantitative estimate of drug-likeness (QED) is 0.544. The summed E-state index contributed by atoms with van der Waals surface area (Å²) < 4.78 is 5.73. The van der Waals surface area contributed by atoms with E-state index in [0.717, 1.165) is 18.9 Å². The predicted octanol–water partition coefficient (Wildman–Crippen LogP) is 2.91. The highest BCUT2D eigenvalue weighted by Gasteiger charge is 2.23. The molecule has 0 spiro atoms. The summed E-state index contributed by atoms with van der Waals surface area (Å²) in [6, 6.07) is 0. The van der Waals surface area contributed by atoms with Crippen molar-refractivity contribution >= 4 is 0 Å². The lowest BCUT2D eigenvalue weighted by Gasteiger charge is -2.30. The van der Waals surface area contributed by atoms with E-state index in [1.54, 1.807) is 0 Å². The summed E-state index contributed by atoms with van der Waals surface area (Å²) in [5.74, 6) is 0.865. The lowest BCUT2D eigenvalue weighted by atomic mass is 9.83. The molecule has 1 aliphatic carbocycles. The zero-order valence-corrected chi connectivity index (χ0v) is 7.67. The first-order valence-electron chi connectivity index (χ1n) is 5.23. The van der Waals surface area contributed by atoms with Gasteiger partial charge in [-0.15, -0.1) is 0 Å². The van der Waals surface area contributed by atoms with Gasteiger partial charge in [0.25, 0.3) is 0 Å². The zero-order chi connectivity index (χ0) is 8.23. The van der Waals surface area contributed by atoms with Gasteiger partial charge in [0.2, 0.25) is 0 Å². The monoisotopic (exact) mass is 166 g/mol. The molecule has 2 rings (SSSR count). The van der Waals surface area contributed by atoms with Gasteiger partial charge in [-0.05, 0) is 25.2 Å². The van der Waals surface area contributed by atoms with E-state index in [2.05, 4.69) is 12.2 Å². The van der Waals surface area contributed by atoms with Crippen LogP contribution in [-0.2, 0) is 4.74 Å². The third-order valence-corrected chi connectivity index (χ3v) is 3.12. The molecule has 0 saturated heterocycles. The summed E-state index contributed by atoms with van der Waals surface area (Å²) in [4.78, 5) is 0. The van der Waals surface area contributed by atoms with E-state index in [1.807, 2.05) is 0 Å². The van der Waals surface area contributed by atoms with Crippen molar-refractivity contribution in [2.75, 3.05) is 6.61 Å². The normalized spacial score (nSPS) is 32.2. The Kier molecular flexibility index (Phi) is 2.83. The number of hydrogen-bond donors (Lipinski definition) is 0. The predicted molar refractivity (Wildman–Crippen MR) is 50.1 cm³/mol. The minimum absolute atomic E-state index is 0.551. The summed E-state index contributed by atoms with van der Waals surface area (Å²) >= 11 is 0. The highest BCUT2D eigenvalue weighted by Crippen LogP contribution is 2.30. The van der Waals surface area contributed by atoms with E-state index in [-0.39, 0.29) is 0 Å². The molecule has 0 N–H and O–H groups in total. The van der Waals surface area contributed by atoms with Gasteiger partial charge in [-0.2, -0.15) is 0 Å². The van der Waals surface area contributed by atoms with Crippen molar-refractivity contribution in [2.45, 2.75) is 44.6 Å². The largest absolute Gasteiger partial charge is 0.374 e. The van der Waals surface area contributed by atoms with Gasteiger partial charge in [0, 0.05) is 0 Å². The Morgan fingerprint density at radius 1 is 1.00 bits per heavy atom. The van der Waals surface area contributed by atoms with Gasteiger partial charge in [0.05, 0.1) is 12.7 Å². The van der Waals surface area contributed by atoms with Crippen LogP contribution >= 0.6 is 0 Å². The Bertz CT molecular complexity index is 156. The molecule has 0 aromatic carbocycles. The molecule has 0 aromatic heterocycles. The Morgan fingerprint density at radius 3 is 2.50 bits per heavy atom. The van der Waals surface area contributed by atoms with Crippen LogP contribution in [0.5, 0.6) is 0 Å². The van der Waals surface area contributed by atoms with Gasteiger partial charge in [-0.1, -0.05) is 31.4 Å². The maximum Gasteiger partial charge on any atom is 0.0651 e. The molecule has 1 heterocycles. The minimum Gasteiger partial charge on any atom is -0.374 e. The number of ether oxygens (including phenoxy) is 1. The Balaban J connectivity index is 1.85. The molecule has 1 nitrogen and oxygen atoms in total. The van der Waals surface area contributed by atoms with Gasteiger partial charge in [0.1, 0.15) is 0 Å². The van der Waals surface area contributed by atoms with E-state index in [9.17, 15) is 0 Å². The first-order chi connectivity index (χ1) is 5.97. The average Bonchev–Trinajstić information content (AvgIpc) is 2.21. The zero-order valence-electron chi connectivity index (χ0n) is 7.67. The minimum atomic E-state index is 0.551. The molecule has 1 heteroatoms. The maximum atomic E-state index is 5.73. The van der Waals surface area contributed by atoms with Crippen LogP contribution in [0.25, 0.3) is 0 Å². The van der Waals surface area contributed by atoms with Crippen molar-refractivity contribution in [3.63, 3.8) is 0 Å². The lowest BCUT2D eigenvalue weighted by Crippen LogP contribution is -2.27. The van der Waals surface area contributed by atoms with E-state index in [4.69, 9.17) is 4.74 Å². The molecule has 0 radical (unpaired) electrons. The van der Waals surface area contributed by atoms with E-state index < -0.39 is 0 Å². The Labute approximate surface area is 74.8 Å². The number of hydrogen-bond acceptors (Lipinski definition) is 1. The van der Waals surface area contributed by atoms with Gasteiger partial charge in [-0.25, -0.2) is 0 Å². The molecule has 12 heavy (non-hydrogen) atoms. The number of rotatable bonds is 1. The van der Waals surface area contributed by atoms with Crippen LogP contribution in [0.2, 0.25) is 0 Å². The van der Waals surface area contributed by atoms with Crippen LogP contribution < -0.4 is 0 Å². The Morgan fingerprint density at radius 2 is 1.83 bits per heavy atom. The SMILES string of the molecule is C1=CCC(C2CCCCC2)OC1. The van der Waals surface area contributed by atoms with Crippen molar-refractivity contribution < 1.29 is 4.74 Å². The first-order valence-corrected chi connectivity index (χ1v) is 5.23. The second-order valence-corrected chi connectivity index (χ2v) is 3.98. The standard InChI is InChI=1S/C11H18O/c1-2-6-10(7-3-1)11-8-4-5-9-12-11/h4-5,10-11H,1-3,6-9H2. The summed E-state index contributed by atoms with van der Waals surface area (Å²) in [5, 5.41) is 0. The van der Waals surface area contributed by atoms with Crippen LogP contribution in [0.1, 0.15) is 38.5 Å². The summed E-state index contributed by atoms with van der Waals surface area (Å²) in [7, 11) is 0. The van der Waals surface area contributed by atoms with E-state index in [0.29, 0.717) is 6.10 Å². The van der Waals surface area contributed by atoms with Gasteiger partial charge >= 0.3 is 0 Å². The molecule has 68 valence electrons. The lowest BCUT2D eigenvalue weighted by molar-refractivity contribution is 0.0110. The summed E-state index contributed by atoms with van der Waals surface area (Å²) in [5.41, 5.74) is 0. The fourth-order valence-corrected chi connectivity index (χ4v) is 2.38. The van der Waals surface area contributed by atoms with Crippen molar-refractivity contribution in [3.8, 4) is 0 Å². The second kappa shape index (κ2) is 4.08. The van der Waals surface area contributed by atoms with Gasteiger partial charge in [0.15, 0.2) is 0 Å². The van der Waals surface area contributed by atoms with Crippen LogP contribution in [0.4, 0.5) is 0 Å². The van der Waals surface area contributed by atoms with Crippen LogP contribution in [-0.4, -0.2) is 12.7 Å². The molecule has 0 amide bonds. The van der Waals surface area contributed by atoms with Crippen LogP contribution in [0.3, 0.4) is 0 Å². The second-order valence-electron chi connectivity index (χ2n) is 3.98. The molecule has 1 aliphatic heterocycles. The molecule has 2 aliphatic rings. The molecular formula is C11H18O. The molecule has 1 unspecified atom stereocenters. The van der Waals surface area contributed by atoms with Gasteiger partial charge in [-0.3, -0.25) is 0 Å². The third kappa shape index (κ3) is 1.89. The van der Waals surface area contributed by atoms with Gasteiger partial charge < -0.3 is 4.74 Å².